The summed E-state index contributed by atoms with van der Waals surface area (Å²) in [6.45, 7) is 3.63. The Kier molecular flexibility index (Phi) is 10.3. The Morgan fingerprint density at radius 1 is 1.03 bits per heavy atom. The van der Waals surface area contributed by atoms with Crippen LogP contribution in [0.1, 0.15) is 47.0 Å². The molecule has 6 nitrogen and oxygen atoms in total. The lowest BCUT2D eigenvalue weighted by Gasteiger charge is -2.10. The predicted octanol–water partition coefficient (Wildman–Crippen LogP) is 5.69. The second kappa shape index (κ2) is 13.7. The average Bonchev–Trinajstić information content (AvgIpc) is 3.35. The van der Waals surface area contributed by atoms with Crippen LogP contribution in [-0.4, -0.2) is 39.1 Å². The molecule has 3 rings (SSSR count). The first kappa shape index (κ1) is 26.4. The van der Waals surface area contributed by atoms with Crippen LogP contribution in [0.4, 0.5) is 0 Å². The fourth-order valence-electron chi connectivity index (χ4n) is 3.61. The molecule has 1 aromatic heterocycles. The third-order valence-electron chi connectivity index (χ3n) is 5.60. The van der Waals surface area contributed by atoms with Gasteiger partial charge in [-0.1, -0.05) is 31.5 Å². The third kappa shape index (κ3) is 7.67. The number of aryl methyl sites for hydroxylation is 1. The summed E-state index contributed by atoms with van der Waals surface area (Å²) < 4.78 is 16.2. The van der Waals surface area contributed by atoms with Gasteiger partial charge in [-0.3, -0.25) is 9.59 Å². The molecule has 186 valence electrons. The number of rotatable bonds is 14. The molecule has 1 N–H and O–H groups in total. The molecule has 0 aliphatic carbocycles. The number of hydrogen-bond donors (Lipinski definition) is 1. The van der Waals surface area contributed by atoms with Crippen molar-refractivity contribution in [3.05, 3.63) is 76.0 Å². The van der Waals surface area contributed by atoms with Crippen molar-refractivity contribution in [3.8, 4) is 16.4 Å². The summed E-state index contributed by atoms with van der Waals surface area (Å²) in [5.74, 6) is 1.33. The fraction of sp³-hybridized carbons (Fsp3) is 0.357. The van der Waals surface area contributed by atoms with E-state index in [1.54, 1.807) is 19.2 Å². The molecular formula is C28H34NO5S+. The number of benzene rings is 2. The monoisotopic (exact) mass is 496 g/mol. The van der Waals surface area contributed by atoms with Gasteiger partial charge in [-0.05, 0) is 48.7 Å². The van der Waals surface area contributed by atoms with E-state index in [9.17, 15) is 9.59 Å². The highest BCUT2D eigenvalue weighted by molar-refractivity contribution is 7.38. The van der Waals surface area contributed by atoms with Gasteiger partial charge in [0.25, 0.3) is 0 Å². The quantitative estimate of drug-likeness (QED) is 0.134. The Morgan fingerprint density at radius 3 is 2.66 bits per heavy atom. The normalized spacial score (nSPS) is 11.2. The number of hydrogen-bond acceptors (Lipinski definition) is 6. The van der Waals surface area contributed by atoms with Crippen molar-refractivity contribution >= 4 is 22.2 Å². The molecule has 0 saturated carbocycles. The summed E-state index contributed by atoms with van der Waals surface area (Å²) in [4.78, 5) is 26.5. The van der Waals surface area contributed by atoms with E-state index in [4.69, 9.17) is 14.2 Å². The molecule has 2 aromatic carbocycles. The Labute approximate surface area is 210 Å². The van der Waals surface area contributed by atoms with E-state index in [0.29, 0.717) is 37.3 Å². The Morgan fingerprint density at radius 2 is 1.89 bits per heavy atom. The SMILES string of the molecule is CCCCOc1cc(CCC(=O)OC)ccc1-[s+]1cccc1CNCC(=O)c1cccc(OC)c1. The van der Waals surface area contributed by atoms with Gasteiger partial charge in [0.2, 0.25) is 4.90 Å². The fourth-order valence-corrected chi connectivity index (χ4v) is 5.48. The highest BCUT2D eigenvalue weighted by Crippen LogP contribution is 2.42. The zero-order chi connectivity index (χ0) is 25.0. The minimum absolute atomic E-state index is 0.0221. The van der Waals surface area contributed by atoms with E-state index in [1.807, 2.05) is 18.2 Å². The average molecular weight is 497 g/mol. The van der Waals surface area contributed by atoms with Gasteiger partial charge in [-0.2, -0.15) is 0 Å². The Bertz CT molecular complexity index is 1120. The van der Waals surface area contributed by atoms with Crippen LogP contribution in [0.3, 0.4) is 0 Å². The summed E-state index contributed by atoms with van der Waals surface area (Å²) >= 11 is 0. The van der Waals surface area contributed by atoms with Gasteiger partial charge >= 0.3 is 5.97 Å². The molecule has 0 aliphatic rings. The van der Waals surface area contributed by atoms with Crippen molar-refractivity contribution in [2.24, 2.45) is 0 Å². The van der Waals surface area contributed by atoms with E-state index < -0.39 is 0 Å². The maximum atomic E-state index is 12.6. The number of nitrogens with one attached hydrogen (secondary N) is 1. The molecule has 0 spiro atoms. The van der Waals surface area contributed by atoms with E-state index in [0.717, 1.165) is 29.1 Å². The summed E-state index contributed by atoms with van der Waals surface area (Å²) in [6, 6.07) is 17.6. The lowest BCUT2D eigenvalue weighted by atomic mass is 10.1. The Hall–Kier alpha value is -3.16. The van der Waals surface area contributed by atoms with Crippen molar-refractivity contribution in [3.63, 3.8) is 0 Å². The van der Waals surface area contributed by atoms with Crippen molar-refractivity contribution < 1.29 is 23.8 Å². The molecule has 0 bridgehead atoms. The first-order valence-electron chi connectivity index (χ1n) is 11.9. The smallest absolute Gasteiger partial charge is 0.305 e. The first-order valence-corrected chi connectivity index (χ1v) is 13.2. The van der Waals surface area contributed by atoms with Crippen LogP contribution in [0, 0.1) is 0 Å². The maximum Gasteiger partial charge on any atom is 0.305 e. The van der Waals surface area contributed by atoms with Crippen LogP contribution in [0.5, 0.6) is 11.5 Å². The van der Waals surface area contributed by atoms with Crippen LogP contribution in [0.25, 0.3) is 4.90 Å². The third-order valence-corrected chi connectivity index (χ3v) is 7.69. The lowest BCUT2D eigenvalue weighted by molar-refractivity contribution is -0.140. The van der Waals surface area contributed by atoms with Gasteiger partial charge < -0.3 is 19.5 Å². The van der Waals surface area contributed by atoms with Crippen molar-refractivity contribution in [2.45, 2.75) is 39.2 Å². The number of carbonyl (C=O) groups is 2. The van der Waals surface area contributed by atoms with Gasteiger partial charge in [0.1, 0.15) is 11.1 Å². The number of Topliss-reactive ketones (excluding diaryl/α,β-unsaturated/α-hetero) is 1. The van der Waals surface area contributed by atoms with Crippen LogP contribution in [0.15, 0.2) is 60.0 Å². The lowest BCUT2D eigenvalue weighted by Crippen LogP contribution is -2.22. The van der Waals surface area contributed by atoms with Gasteiger partial charge in [0.15, 0.2) is 16.4 Å². The van der Waals surface area contributed by atoms with Gasteiger partial charge in [0.05, 0.1) is 33.9 Å². The van der Waals surface area contributed by atoms with E-state index in [2.05, 4.69) is 41.9 Å². The largest absolute Gasteiger partial charge is 0.497 e. The number of thiophene rings is 1. The van der Waals surface area contributed by atoms with E-state index in [-0.39, 0.29) is 28.8 Å². The second-order valence-corrected chi connectivity index (χ2v) is 10.0. The van der Waals surface area contributed by atoms with Crippen LogP contribution in [0.2, 0.25) is 0 Å². The Balaban J connectivity index is 1.71. The summed E-state index contributed by atoms with van der Waals surface area (Å²) in [7, 11) is 2.74. The number of ketones is 1. The highest BCUT2D eigenvalue weighted by atomic mass is 32.2. The van der Waals surface area contributed by atoms with Gasteiger partial charge in [0, 0.05) is 28.5 Å². The molecule has 0 aliphatic heterocycles. The van der Waals surface area contributed by atoms with Crippen molar-refractivity contribution in [1.29, 1.82) is 0 Å². The number of ether oxygens (including phenoxy) is 3. The van der Waals surface area contributed by atoms with Crippen LogP contribution in [-0.2, 0) is 22.5 Å². The molecule has 0 amide bonds. The minimum atomic E-state index is -0.262. The first-order chi connectivity index (χ1) is 17.0. The molecule has 1 atom stereocenters. The van der Waals surface area contributed by atoms with Crippen molar-refractivity contribution in [2.75, 3.05) is 27.4 Å². The second-order valence-electron chi connectivity index (χ2n) is 8.12. The summed E-state index contributed by atoms with van der Waals surface area (Å²) in [6.07, 6.45) is 2.98. The molecule has 3 aromatic rings. The van der Waals surface area contributed by atoms with E-state index in [1.165, 1.54) is 12.0 Å². The maximum absolute atomic E-state index is 12.6. The zero-order valence-corrected chi connectivity index (χ0v) is 21.5. The van der Waals surface area contributed by atoms with Crippen LogP contribution < -0.4 is 14.8 Å². The summed E-state index contributed by atoms with van der Waals surface area (Å²) in [5.41, 5.74) is 1.67. The van der Waals surface area contributed by atoms with Crippen LogP contribution >= 0.6 is 10.5 Å². The number of esters is 1. The molecule has 35 heavy (non-hydrogen) atoms. The van der Waals surface area contributed by atoms with Gasteiger partial charge in [-0.25, -0.2) is 0 Å². The summed E-state index contributed by atoms with van der Waals surface area (Å²) in [5, 5.41) is 5.48. The molecular weight excluding hydrogens is 462 g/mol. The van der Waals surface area contributed by atoms with E-state index >= 15 is 0 Å². The molecule has 1 heterocycles. The molecule has 0 saturated heterocycles. The molecule has 7 heteroatoms. The number of unbranched alkanes of at least 4 members (excludes halogenated alkanes) is 1. The standard InChI is InChI=1S/C28H34NO5S/c1-4-5-15-34-26-17-21(12-14-28(31)33-3)11-13-27(26)35-16-7-10-24(35)19-29-20-25(30)22-8-6-9-23(18-22)32-2/h6-11,13,16-18,29H,4-5,12,14-15,19-20H2,1-3H3/q+1. The minimum Gasteiger partial charge on any atom is -0.497 e. The number of methoxy groups -OCH3 is 2. The molecule has 1 unspecified atom stereocenters. The van der Waals surface area contributed by atoms with Gasteiger partial charge in [-0.15, -0.1) is 0 Å². The topological polar surface area (TPSA) is 73.9 Å². The zero-order valence-electron chi connectivity index (χ0n) is 20.7. The number of carbonyl (C=O) groups excluding carboxylic acids is 2. The molecule has 0 fully saturated rings. The van der Waals surface area contributed by atoms with Crippen molar-refractivity contribution in [1.82, 2.24) is 5.32 Å². The molecule has 0 radical (unpaired) electrons. The highest BCUT2D eigenvalue weighted by Gasteiger charge is 2.22. The predicted molar refractivity (Wildman–Crippen MR) is 140 cm³/mol.